The molecule has 1 saturated heterocycles. The van der Waals surface area contributed by atoms with E-state index < -0.39 is 15.8 Å². The third-order valence-electron chi connectivity index (χ3n) is 4.00. The molecule has 5 nitrogen and oxygen atoms in total. The minimum atomic E-state index is -3.92. The number of aliphatic hydroxyl groups excluding tert-OH is 1. The first-order valence-electron chi connectivity index (χ1n) is 7.04. The van der Waals surface area contributed by atoms with Gasteiger partial charge in [0.1, 0.15) is 10.7 Å². The third-order valence-corrected chi connectivity index (χ3v) is 5.52. The minimum Gasteiger partial charge on any atom is -0.392 e. The molecule has 0 bridgehead atoms. The lowest BCUT2D eigenvalue weighted by Crippen LogP contribution is -2.41. The highest BCUT2D eigenvalue weighted by atomic mass is 32.2. The van der Waals surface area contributed by atoms with E-state index in [4.69, 9.17) is 9.84 Å². The molecule has 1 aromatic rings. The number of halogens is 1. The van der Waals surface area contributed by atoms with Gasteiger partial charge >= 0.3 is 0 Å². The number of rotatable bonds is 5. The first-order chi connectivity index (χ1) is 10.0. The van der Waals surface area contributed by atoms with Crippen molar-refractivity contribution >= 4 is 10.0 Å². The predicted molar refractivity (Wildman–Crippen MR) is 73.5 cm³/mol. The molecule has 1 heterocycles. The maximum Gasteiger partial charge on any atom is 0.243 e. The summed E-state index contributed by atoms with van der Waals surface area (Å²) >= 11 is 0. The average molecular weight is 315 g/mol. The van der Waals surface area contributed by atoms with Crippen LogP contribution in [0.25, 0.3) is 0 Å². The highest BCUT2D eigenvalue weighted by molar-refractivity contribution is 7.89. The summed E-state index contributed by atoms with van der Waals surface area (Å²) in [6, 6.07) is 3.34. The Hall–Kier alpha value is -1.02. The fourth-order valence-corrected chi connectivity index (χ4v) is 4.09. The van der Waals surface area contributed by atoms with Crippen LogP contribution in [-0.2, 0) is 21.4 Å². The first-order valence-corrected chi connectivity index (χ1v) is 8.53. The molecule has 0 spiro atoms. The van der Waals surface area contributed by atoms with E-state index >= 15 is 0 Å². The van der Waals surface area contributed by atoms with Crippen LogP contribution in [0.2, 0.25) is 0 Å². The van der Waals surface area contributed by atoms with Crippen LogP contribution in [0.5, 0.6) is 0 Å². The molecule has 0 radical (unpaired) electrons. The molecule has 3 rings (SSSR count). The molecular weight excluding hydrogens is 297 g/mol. The van der Waals surface area contributed by atoms with Gasteiger partial charge in [-0.15, -0.1) is 0 Å². The van der Waals surface area contributed by atoms with Crippen LogP contribution in [0.4, 0.5) is 4.39 Å². The van der Waals surface area contributed by atoms with Gasteiger partial charge < -0.3 is 9.84 Å². The number of sulfonamides is 1. The zero-order valence-corrected chi connectivity index (χ0v) is 12.3. The van der Waals surface area contributed by atoms with Crippen molar-refractivity contribution in [3.8, 4) is 0 Å². The molecule has 0 amide bonds. The summed E-state index contributed by atoms with van der Waals surface area (Å²) in [5, 5.41) is 8.94. The molecule has 2 N–H and O–H groups in total. The molecule has 1 saturated carbocycles. The minimum absolute atomic E-state index is 0.0976. The Morgan fingerprint density at radius 2 is 2.10 bits per heavy atom. The Morgan fingerprint density at radius 3 is 2.71 bits per heavy atom. The zero-order chi connectivity index (χ0) is 15.0. The van der Waals surface area contributed by atoms with Crippen LogP contribution in [0.3, 0.4) is 0 Å². The van der Waals surface area contributed by atoms with Gasteiger partial charge in [0.15, 0.2) is 0 Å². The summed E-state index contributed by atoms with van der Waals surface area (Å²) in [5.74, 6) is -0.433. The van der Waals surface area contributed by atoms with Gasteiger partial charge in [0.2, 0.25) is 10.0 Å². The van der Waals surface area contributed by atoms with Gasteiger partial charge in [0.25, 0.3) is 0 Å². The summed E-state index contributed by atoms with van der Waals surface area (Å²) in [6.07, 6.45) is 2.63. The van der Waals surface area contributed by atoms with Gasteiger partial charge in [0.05, 0.1) is 18.8 Å². The normalized spacial score (nSPS) is 26.2. The molecule has 2 fully saturated rings. The largest absolute Gasteiger partial charge is 0.392 e. The van der Waals surface area contributed by atoms with Crippen LogP contribution in [-0.4, -0.2) is 32.3 Å². The Kier molecular flexibility index (Phi) is 4.00. The lowest BCUT2D eigenvalue weighted by atomic mass is 10.1. The number of hydrogen-bond donors (Lipinski definition) is 2. The fraction of sp³-hybridized carbons (Fsp3) is 0.571. The predicted octanol–water partition coefficient (Wildman–Crippen LogP) is 1.16. The number of nitrogens with one attached hydrogen (secondary N) is 1. The van der Waals surface area contributed by atoms with Gasteiger partial charge in [-0.1, -0.05) is 6.07 Å². The maximum atomic E-state index is 13.9. The topological polar surface area (TPSA) is 75.6 Å². The standard InChI is InChI=1S/C14H18FNO4S/c15-11-7-9(8-17)1-4-13(11)21(18,19)16-12-5-6-20-14(12)10-2-3-10/h1,4,7,10,12,14,16-17H,2-3,5-6,8H2. The number of benzene rings is 1. The van der Waals surface area contributed by atoms with Gasteiger partial charge in [0, 0.05) is 6.61 Å². The second kappa shape index (κ2) is 5.64. The monoisotopic (exact) mass is 315 g/mol. The molecule has 2 atom stereocenters. The Morgan fingerprint density at radius 1 is 1.33 bits per heavy atom. The lowest BCUT2D eigenvalue weighted by Gasteiger charge is -2.19. The summed E-state index contributed by atoms with van der Waals surface area (Å²) in [6.45, 7) is 0.200. The van der Waals surface area contributed by atoms with Crippen LogP contribution in [0.1, 0.15) is 24.8 Å². The molecule has 1 aromatic carbocycles. The van der Waals surface area contributed by atoms with Gasteiger partial charge in [-0.05, 0) is 42.9 Å². The van der Waals surface area contributed by atoms with Crippen LogP contribution < -0.4 is 4.72 Å². The van der Waals surface area contributed by atoms with Crippen molar-refractivity contribution < 1.29 is 22.7 Å². The molecule has 21 heavy (non-hydrogen) atoms. The van der Waals surface area contributed by atoms with Gasteiger partial charge in [-0.3, -0.25) is 0 Å². The van der Waals surface area contributed by atoms with Crippen molar-refractivity contribution in [1.29, 1.82) is 0 Å². The quantitative estimate of drug-likeness (QED) is 0.855. The number of hydrogen-bond acceptors (Lipinski definition) is 4. The maximum absolute atomic E-state index is 13.9. The molecule has 0 aromatic heterocycles. The van der Waals surface area contributed by atoms with Crippen LogP contribution >= 0.6 is 0 Å². The molecule has 1 aliphatic carbocycles. The molecule has 1 aliphatic heterocycles. The Labute approximate surface area is 123 Å². The van der Waals surface area contributed by atoms with E-state index in [0.717, 1.165) is 18.9 Å². The van der Waals surface area contributed by atoms with E-state index in [1.165, 1.54) is 12.1 Å². The van der Waals surface area contributed by atoms with Crippen molar-refractivity contribution in [2.24, 2.45) is 5.92 Å². The summed E-state index contributed by atoms with van der Waals surface area (Å²) in [4.78, 5) is -0.388. The van der Waals surface area contributed by atoms with Crippen LogP contribution in [0.15, 0.2) is 23.1 Å². The molecule has 2 unspecified atom stereocenters. The van der Waals surface area contributed by atoms with E-state index in [0.29, 0.717) is 24.5 Å². The van der Waals surface area contributed by atoms with E-state index in [9.17, 15) is 12.8 Å². The first kappa shape index (κ1) is 14.9. The number of aliphatic hydroxyl groups is 1. The van der Waals surface area contributed by atoms with Crippen molar-refractivity contribution in [2.45, 2.75) is 42.9 Å². The van der Waals surface area contributed by atoms with Crippen molar-refractivity contribution in [2.75, 3.05) is 6.61 Å². The van der Waals surface area contributed by atoms with Crippen molar-refractivity contribution in [3.63, 3.8) is 0 Å². The molecule has 7 heteroatoms. The zero-order valence-electron chi connectivity index (χ0n) is 11.5. The van der Waals surface area contributed by atoms with Crippen molar-refractivity contribution in [3.05, 3.63) is 29.6 Å². The summed E-state index contributed by atoms with van der Waals surface area (Å²) < 4.78 is 46.7. The average Bonchev–Trinajstić information content (AvgIpc) is 3.19. The molecule has 116 valence electrons. The van der Waals surface area contributed by atoms with E-state index in [-0.39, 0.29) is 23.6 Å². The molecular formula is C14H18FNO4S. The molecule has 2 aliphatic rings. The van der Waals surface area contributed by atoms with E-state index in [1.54, 1.807) is 0 Å². The SMILES string of the molecule is O=S(=O)(NC1CCOC1C1CC1)c1ccc(CO)cc1F. The van der Waals surface area contributed by atoms with Gasteiger partial charge in [-0.2, -0.15) is 0 Å². The van der Waals surface area contributed by atoms with Gasteiger partial charge in [-0.25, -0.2) is 17.5 Å². The van der Waals surface area contributed by atoms with E-state index in [1.807, 2.05) is 0 Å². The summed E-state index contributed by atoms with van der Waals surface area (Å²) in [5.41, 5.74) is 0.339. The highest BCUT2D eigenvalue weighted by Gasteiger charge is 2.42. The third kappa shape index (κ3) is 3.11. The van der Waals surface area contributed by atoms with E-state index in [2.05, 4.69) is 4.72 Å². The van der Waals surface area contributed by atoms with Crippen LogP contribution in [0, 0.1) is 11.7 Å². The second-order valence-electron chi connectivity index (χ2n) is 5.61. The Bertz CT molecular complexity index is 630. The smallest absolute Gasteiger partial charge is 0.243 e. The van der Waals surface area contributed by atoms with Crippen molar-refractivity contribution in [1.82, 2.24) is 4.72 Å². The summed E-state index contributed by atoms with van der Waals surface area (Å²) in [7, 11) is -3.92. The highest BCUT2D eigenvalue weighted by Crippen LogP contribution is 2.39. The fourth-order valence-electron chi connectivity index (χ4n) is 2.75. The second-order valence-corrected chi connectivity index (χ2v) is 7.29. The number of ether oxygens (including phenoxy) is 1. The Balaban J connectivity index is 1.80. The lowest BCUT2D eigenvalue weighted by molar-refractivity contribution is 0.0848.